The Hall–Kier alpha value is -2.07. The molecule has 4 nitrogen and oxygen atoms in total. The lowest BCUT2D eigenvalue weighted by Gasteiger charge is -2.13. The first-order chi connectivity index (χ1) is 10.6. The predicted octanol–water partition coefficient (Wildman–Crippen LogP) is 3.05. The van der Waals surface area contributed by atoms with Crippen molar-refractivity contribution in [1.82, 2.24) is 10.3 Å². The average Bonchev–Trinajstić information content (AvgIpc) is 2.54. The molecule has 0 aliphatic carbocycles. The molecule has 0 spiro atoms. The van der Waals surface area contributed by atoms with Gasteiger partial charge in [-0.15, -0.1) is 0 Å². The van der Waals surface area contributed by atoms with Crippen LogP contribution >= 0.6 is 0 Å². The predicted molar refractivity (Wildman–Crippen MR) is 88.7 cm³/mol. The molecule has 2 aromatic rings. The van der Waals surface area contributed by atoms with Crippen LogP contribution in [0.1, 0.15) is 22.4 Å². The average molecular weight is 300 g/mol. The fraction of sp³-hybridized carbons (Fsp3) is 0.389. The monoisotopic (exact) mass is 300 g/mol. The molecule has 0 fully saturated rings. The van der Waals surface area contributed by atoms with Crippen molar-refractivity contribution >= 4 is 0 Å². The standard InChI is InChI=1S/C18H24N2O2/c1-13-9-17(21-3)18(22-4)10-16(13)12-19-8-7-15-6-5-14(2)20-11-15/h5-6,9-11,19H,7-8,12H2,1-4H3. The molecular weight excluding hydrogens is 276 g/mol. The van der Waals surface area contributed by atoms with E-state index < -0.39 is 0 Å². The van der Waals surface area contributed by atoms with E-state index in [0.717, 1.165) is 36.7 Å². The van der Waals surface area contributed by atoms with Gasteiger partial charge in [-0.3, -0.25) is 4.98 Å². The Morgan fingerprint density at radius 2 is 1.77 bits per heavy atom. The van der Waals surface area contributed by atoms with Crippen LogP contribution in [0.4, 0.5) is 0 Å². The van der Waals surface area contributed by atoms with Crippen molar-refractivity contribution in [2.45, 2.75) is 26.8 Å². The maximum absolute atomic E-state index is 5.36. The molecule has 0 saturated carbocycles. The summed E-state index contributed by atoms with van der Waals surface area (Å²) < 4.78 is 10.7. The minimum Gasteiger partial charge on any atom is -0.493 e. The number of ether oxygens (including phenoxy) is 2. The molecule has 0 amide bonds. The molecule has 1 heterocycles. The number of benzene rings is 1. The Kier molecular flexibility index (Phi) is 5.78. The fourth-order valence-corrected chi connectivity index (χ4v) is 2.32. The summed E-state index contributed by atoms with van der Waals surface area (Å²) in [6.45, 7) is 5.81. The van der Waals surface area contributed by atoms with Crippen LogP contribution in [0, 0.1) is 13.8 Å². The smallest absolute Gasteiger partial charge is 0.161 e. The Balaban J connectivity index is 1.90. The molecule has 0 bridgehead atoms. The minimum atomic E-state index is 0.771. The van der Waals surface area contributed by atoms with Gasteiger partial charge in [-0.1, -0.05) is 6.07 Å². The molecule has 1 aromatic heterocycles. The number of rotatable bonds is 7. The molecule has 0 unspecified atom stereocenters. The van der Waals surface area contributed by atoms with Crippen molar-refractivity contribution in [2.24, 2.45) is 0 Å². The van der Waals surface area contributed by atoms with Gasteiger partial charge < -0.3 is 14.8 Å². The van der Waals surface area contributed by atoms with Crippen LogP contribution in [-0.2, 0) is 13.0 Å². The third-order valence-electron chi connectivity index (χ3n) is 3.72. The normalized spacial score (nSPS) is 10.5. The quantitative estimate of drug-likeness (QED) is 0.798. The molecular formula is C18H24N2O2. The van der Waals surface area contributed by atoms with Gasteiger partial charge in [0.05, 0.1) is 14.2 Å². The largest absolute Gasteiger partial charge is 0.493 e. The third kappa shape index (κ3) is 4.21. The van der Waals surface area contributed by atoms with Crippen LogP contribution in [0.2, 0.25) is 0 Å². The zero-order valence-corrected chi connectivity index (χ0v) is 13.8. The molecule has 0 aliphatic rings. The lowest BCUT2D eigenvalue weighted by molar-refractivity contribution is 0.354. The highest BCUT2D eigenvalue weighted by molar-refractivity contribution is 5.47. The van der Waals surface area contributed by atoms with E-state index in [1.54, 1.807) is 14.2 Å². The van der Waals surface area contributed by atoms with Crippen LogP contribution in [0.5, 0.6) is 11.5 Å². The van der Waals surface area contributed by atoms with Crippen LogP contribution in [0.3, 0.4) is 0 Å². The van der Waals surface area contributed by atoms with Gasteiger partial charge in [0.15, 0.2) is 11.5 Å². The highest BCUT2D eigenvalue weighted by atomic mass is 16.5. The number of nitrogens with zero attached hydrogens (tertiary/aromatic N) is 1. The van der Waals surface area contributed by atoms with Crippen LogP contribution in [0.25, 0.3) is 0 Å². The molecule has 0 atom stereocenters. The van der Waals surface area contributed by atoms with Crippen molar-refractivity contribution in [2.75, 3.05) is 20.8 Å². The first-order valence-electron chi connectivity index (χ1n) is 7.47. The third-order valence-corrected chi connectivity index (χ3v) is 3.72. The summed E-state index contributed by atoms with van der Waals surface area (Å²) in [5.41, 5.74) is 4.72. The van der Waals surface area contributed by atoms with E-state index in [9.17, 15) is 0 Å². The molecule has 1 N–H and O–H groups in total. The SMILES string of the molecule is COc1cc(C)c(CNCCc2ccc(C)nc2)cc1OC. The maximum atomic E-state index is 5.36. The second-order valence-corrected chi connectivity index (χ2v) is 5.37. The first-order valence-corrected chi connectivity index (χ1v) is 7.47. The topological polar surface area (TPSA) is 43.4 Å². The number of hydrogen-bond donors (Lipinski definition) is 1. The van der Waals surface area contributed by atoms with E-state index in [-0.39, 0.29) is 0 Å². The summed E-state index contributed by atoms with van der Waals surface area (Å²) in [6, 6.07) is 8.23. The Bertz CT molecular complexity index is 609. The van der Waals surface area contributed by atoms with Crippen molar-refractivity contribution in [3.63, 3.8) is 0 Å². The van der Waals surface area contributed by atoms with Crippen molar-refractivity contribution < 1.29 is 9.47 Å². The van der Waals surface area contributed by atoms with Gasteiger partial charge in [0.1, 0.15) is 0 Å². The van der Waals surface area contributed by atoms with Gasteiger partial charge in [0, 0.05) is 18.4 Å². The van der Waals surface area contributed by atoms with Crippen LogP contribution in [-0.4, -0.2) is 25.7 Å². The van der Waals surface area contributed by atoms with E-state index in [0.29, 0.717) is 0 Å². The summed E-state index contributed by atoms with van der Waals surface area (Å²) >= 11 is 0. The summed E-state index contributed by atoms with van der Waals surface area (Å²) in [5, 5.41) is 3.47. The Labute approximate surface area is 132 Å². The first kappa shape index (κ1) is 16.3. The van der Waals surface area contributed by atoms with Crippen LogP contribution in [0.15, 0.2) is 30.5 Å². The fourth-order valence-electron chi connectivity index (χ4n) is 2.32. The number of aryl methyl sites for hydroxylation is 2. The van der Waals surface area contributed by atoms with E-state index in [4.69, 9.17) is 9.47 Å². The number of pyridine rings is 1. The second kappa shape index (κ2) is 7.80. The molecule has 1 aromatic carbocycles. The number of nitrogens with one attached hydrogen (secondary N) is 1. The van der Waals surface area contributed by atoms with Gasteiger partial charge in [0.2, 0.25) is 0 Å². The second-order valence-electron chi connectivity index (χ2n) is 5.37. The molecule has 22 heavy (non-hydrogen) atoms. The summed E-state index contributed by atoms with van der Waals surface area (Å²) in [4.78, 5) is 4.31. The maximum Gasteiger partial charge on any atom is 0.161 e. The van der Waals surface area contributed by atoms with Gasteiger partial charge in [-0.05, 0) is 61.7 Å². The van der Waals surface area contributed by atoms with Gasteiger partial charge in [0.25, 0.3) is 0 Å². The van der Waals surface area contributed by atoms with Crippen molar-refractivity contribution in [3.05, 3.63) is 52.8 Å². The minimum absolute atomic E-state index is 0.771. The Morgan fingerprint density at radius 3 is 2.41 bits per heavy atom. The van der Waals surface area contributed by atoms with Crippen molar-refractivity contribution in [1.29, 1.82) is 0 Å². The molecule has 4 heteroatoms. The highest BCUT2D eigenvalue weighted by Crippen LogP contribution is 2.30. The number of methoxy groups -OCH3 is 2. The van der Waals surface area contributed by atoms with E-state index in [1.165, 1.54) is 16.7 Å². The van der Waals surface area contributed by atoms with E-state index in [2.05, 4.69) is 23.3 Å². The van der Waals surface area contributed by atoms with Gasteiger partial charge in [-0.2, -0.15) is 0 Å². The molecule has 2 rings (SSSR count). The zero-order chi connectivity index (χ0) is 15.9. The zero-order valence-electron chi connectivity index (χ0n) is 13.8. The Morgan fingerprint density at radius 1 is 1.05 bits per heavy atom. The van der Waals surface area contributed by atoms with Crippen molar-refractivity contribution in [3.8, 4) is 11.5 Å². The molecule has 0 saturated heterocycles. The lowest BCUT2D eigenvalue weighted by Crippen LogP contribution is -2.17. The number of aromatic nitrogens is 1. The van der Waals surface area contributed by atoms with E-state index >= 15 is 0 Å². The molecule has 0 radical (unpaired) electrons. The summed E-state index contributed by atoms with van der Waals surface area (Å²) in [5.74, 6) is 1.54. The summed E-state index contributed by atoms with van der Waals surface area (Å²) in [7, 11) is 3.32. The van der Waals surface area contributed by atoms with E-state index in [1.807, 2.05) is 31.3 Å². The molecule has 0 aliphatic heterocycles. The van der Waals surface area contributed by atoms with Crippen LogP contribution < -0.4 is 14.8 Å². The molecule has 118 valence electrons. The van der Waals surface area contributed by atoms with Gasteiger partial charge in [-0.25, -0.2) is 0 Å². The number of hydrogen-bond acceptors (Lipinski definition) is 4. The lowest BCUT2D eigenvalue weighted by atomic mass is 10.1. The highest BCUT2D eigenvalue weighted by Gasteiger charge is 2.08. The van der Waals surface area contributed by atoms with Gasteiger partial charge >= 0.3 is 0 Å². The summed E-state index contributed by atoms with van der Waals surface area (Å²) in [6.07, 6.45) is 2.91.